The number of hydrogen-bond donors (Lipinski definition) is 1. The van der Waals surface area contributed by atoms with Crippen molar-refractivity contribution in [1.29, 1.82) is 0 Å². The number of esters is 1. The van der Waals surface area contributed by atoms with Gasteiger partial charge in [0.2, 0.25) is 5.95 Å². The van der Waals surface area contributed by atoms with E-state index >= 15 is 0 Å². The third kappa shape index (κ3) is 3.75. The van der Waals surface area contributed by atoms with Gasteiger partial charge < -0.3 is 19.9 Å². The number of fused-ring (bicyclic) bond motifs is 1. The van der Waals surface area contributed by atoms with Gasteiger partial charge in [-0.2, -0.15) is 4.98 Å². The Morgan fingerprint density at radius 2 is 1.71 bits per heavy atom. The van der Waals surface area contributed by atoms with Crippen LogP contribution < -0.4 is 10.2 Å². The number of likely N-dealkylation sites (N-methyl/N-ethyl adjacent to an activating group) is 1. The number of para-hydroxylation sites is 1. The van der Waals surface area contributed by atoms with Gasteiger partial charge >= 0.3 is 5.97 Å². The Morgan fingerprint density at radius 1 is 1.00 bits per heavy atom. The first kappa shape index (κ1) is 18.2. The molecule has 28 heavy (non-hydrogen) atoms. The number of piperazine rings is 1. The Labute approximate surface area is 164 Å². The number of methoxy groups -OCH3 is 1. The minimum absolute atomic E-state index is 0.351. The van der Waals surface area contributed by atoms with Crippen LogP contribution in [0.5, 0.6) is 0 Å². The van der Waals surface area contributed by atoms with Gasteiger partial charge in [-0.3, -0.25) is 0 Å². The average molecular weight is 377 g/mol. The van der Waals surface area contributed by atoms with E-state index in [1.165, 1.54) is 7.11 Å². The van der Waals surface area contributed by atoms with Crippen LogP contribution in [-0.2, 0) is 4.74 Å². The van der Waals surface area contributed by atoms with E-state index in [4.69, 9.17) is 14.7 Å². The fourth-order valence-corrected chi connectivity index (χ4v) is 3.25. The zero-order chi connectivity index (χ0) is 19.5. The number of aromatic nitrogens is 2. The molecule has 1 fully saturated rings. The Morgan fingerprint density at radius 3 is 2.43 bits per heavy atom. The van der Waals surface area contributed by atoms with Crippen LogP contribution in [0.4, 0.5) is 17.5 Å². The van der Waals surface area contributed by atoms with Gasteiger partial charge in [0, 0.05) is 37.3 Å². The Hall–Kier alpha value is -3.19. The quantitative estimate of drug-likeness (QED) is 0.701. The first-order valence-electron chi connectivity index (χ1n) is 9.30. The van der Waals surface area contributed by atoms with Gasteiger partial charge in [-0.05, 0) is 43.4 Å². The maximum Gasteiger partial charge on any atom is 0.337 e. The number of rotatable bonds is 4. The van der Waals surface area contributed by atoms with Gasteiger partial charge in [-0.25, -0.2) is 9.78 Å². The summed E-state index contributed by atoms with van der Waals surface area (Å²) >= 11 is 0. The van der Waals surface area contributed by atoms with E-state index < -0.39 is 0 Å². The number of carbonyl (C=O) groups excluding carboxylic acids is 1. The van der Waals surface area contributed by atoms with E-state index in [-0.39, 0.29) is 5.97 Å². The molecular weight excluding hydrogens is 354 g/mol. The summed E-state index contributed by atoms with van der Waals surface area (Å²) in [5.41, 5.74) is 2.26. The molecule has 0 atom stereocenters. The summed E-state index contributed by atoms with van der Waals surface area (Å²) in [5, 5.41) is 4.33. The predicted molar refractivity (Wildman–Crippen MR) is 110 cm³/mol. The molecule has 3 aromatic rings. The second kappa shape index (κ2) is 7.82. The lowest BCUT2D eigenvalue weighted by Crippen LogP contribution is -2.45. The van der Waals surface area contributed by atoms with Crippen LogP contribution >= 0.6 is 0 Å². The first-order chi connectivity index (χ1) is 13.6. The molecule has 1 saturated heterocycles. The van der Waals surface area contributed by atoms with Crippen LogP contribution in [0.3, 0.4) is 0 Å². The second-order valence-corrected chi connectivity index (χ2v) is 6.87. The molecule has 1 aromatic heterocycles. The minimum Gasteiger partial charge on any atom is -0.465 e. The van der Waals surface area contributed by atoms with Crippen molar-refractivity contribution in [2.24, 2.45) is 0 Å². The maximum atomic E-state index is 11.6. The van der Waals surface area contributed by atoms with Crippen LogP contribution in [-0.4, -0.2) is 61.2 Å². The molecule has 1 aliphatic heterocycles. The Bertz CT molecular complexity index is 982. The third-order valence-electron chi connectivity index (χ3n) is 4.95. The molecular formula is C21H23N5O2. The number of anilines is 3. The summed E-state index contributed by atoms with van der Waals surface area (Å²) in [5.74, 6) is 1.14. The van der Waals surface area contributed by atoms with Gasteiger partial charge in [0.25, 0.3) is 0 Å². The van der Waals surface area contributed by atoms with Crippen molar-refractivity contribution in [3.8, 4) is 0 Å². The smallest absolute Gasteiger partial charge is 0.337 e. The van der Waals surface area contributed by atoms with Gasteiger partial charge in [0.1, 0.15) is 5.82 Å². The van der Waals surface area contributed by atoms with E-state index in [0.717, 1.165) is 54.5 Å². The van der Waals surface area contributed by atoms with Crippen LogP contribution in [0.1, 0.15) is 10.4 Å². The van der Waals surface area contributed by atoms with Gasteiger partial charge in [-0.1, -0.05) is 12.1 Å². The lowest BCUT2D eigenvalue weighted by atomic mass is 10.2. The summed E-state index contributed by atoms with van der Waals surface area (Å²) in [6.07, 6.45) is 0. The van der Waals surface area contributed by atoms with Gasteiger partial charge in [-0.15, -0.1) is 0 Å². The van der Waals surface area contributed by atoms with Crippen molar-refractivity contribution < 1.29 is 9.53 Å². The van der Waals surface area contributed by atoms with Gasteiger partial charge in [0.15, 0.2) is 0 Å². The number of benzene rings is 2. The maximum absolute atomic E-state index is 11.6. The largest absolute Gasteiger partial charge is 0.465 e. The minimum atomic E-state index is -0.351. The number of ether oxygens (including phenoxy) is 1. The highest BCUT2D eigenvalue weighted by Gasteiger charge is 2.18. The molecule has 0 amide bonds. The molecule has 1 N–H and O–H groups in total. The highest BCUT2D eigenvalue weighted by Crippen LogP contribution is 2.27. The number of nitrogens with zero attached hydrogens (tertiary/aromatic N) is 4. The molecule has 0 spiro atoms. The van der Waals surface area contributed by atoms with Crippen molar-refractivity contribution in [2.75, 3.05) is 50.6 Å². The monoisotopic (exact) mass is 377 g/mol. The Balaban J connectivity index is 1.66. The predicted octanol–water partition coefficient (Wildman–Crippen LogP) is 2.91. The van der Waals surface area contributed by atoms with Gasteiger partial charge in [0.05, 0.1) is 18.2 Å². The molecule has 7 nitrogen and oxygen atoms in total. The Kier molecular flexibility index (Phi) is 5.08. The summed E-state index contributed by atoms with van der Waals surface area (Å²) in [4.78, 5) is 25.7. The normalized spacial score (nSPS) is 14.9. The lowest BCUT2D eigenvalue weighted by molar-refractivity contribution is 0.0601. The summed E-state index contributed by atoms with van der Waals surface area (Å²) in [6, 6.07) is 15.1. The molecule has 2 heterocycles. The second-order valence-electron chi connectivity index (χ2n) is 6.87. The summed E-state index contributed by atoms with van der Waals surface area (Å²) < 4.78 is 4.75. The van der Waals surface area contributed by atoms with Crippen LogP contribution in [0.15, 0.2) is 48.5 Å². The highest BCUT2D eigenvalue weighted by molar-refractivity contribution is 5.92. The van der Waals surface area contributed by atoms with Crippen LogP contribution in [0.2, 0.25) is 0 Å². The molecule has 4 rings (SSSR count). The SMILES string of the molecule is COC(=O)c1ccc(Nc2nc(N3CCN(C)CC3)nc3ccccc23)cc1. The van der Waals surface area contributed by atoms with Crippen molar-refractivity contribution >= 4 is 34.3 Å². The zero-order valence-corrected chi connectivity index (χ0v) is 16.1. The van der Waals surface area contributed by atoms with E-state index in [9.17, 15) is 4.79 Å². The molecule has 0 saturated carbocycles. The fourth-order valence-electron chi connectivity index (χ4n) is 3.25. The van der Waals surface area contributed by atoms with E-state index in [0.29, 0.717) is 5.56 Å². The molecule has 1 aliphatic rings. The van der Waals surface area contributed by atoms with Crippen molar-refractivity contribution in [3.05, 3.63) is 54.1 Å². The van der Waals surface area contributed by atoms with Crippen molar-refractivity contribution in [1.82, 2.24) is 14.9 Å². The summed E-state index contributed by atoms with van der Waals surface area (Å²) in [7, 11) is 3.50. The lowest BCUT2D eigenvalue weighted by Gasteiger charge is -2.32. The highest BCUT2D eigenvalue weighted by atomic mass is 16.5. The number of carbonyl (C=O) groups is 1. The fraction of sp³-hybridized carbons (Fsp3) is 0.286. The number of hydrogen-bond acceptors (Lipinski definition) is 7. The molecule has 0 aliphatic carbocycles. The summed E-state index contributed by atoms with van der Waals surface area (Å²) in [6.45, 7) is 3.80. The standard InChI is InChI=1S/C21H23N5O2/c1-25-11-13-26(14-12-25)21-23-18-6-4-3-5-17(18)19(24-21)22-16-9-7-15(8-10-16)20(27)28-2/h3-10H,11-14H2,1-2H3,(H,22,23,24). The van der Waals surface area contributed by atoms with Crippen LogP contribution in [0, 0.1) is 0 Å². The van der Waals surface area contributed by atoms with Crippen molar-refractivity contribution in [2.45, 2.75) is 0 Å². The topological polar surface area (TPSA) is 70.6 Å². The molecule has 7 heteroatoms. The van der Waals surface area contributed by atoms with E-state index in [2.05, 4.69) is 22.2 Å². The molecule has 0 bridgehead atoms. The zero-order valence-electron chi connectivity index (χ0n) is 16.1. The van der Waals surface area contributed by atoms with Crippen molar-refractivity contribution in [3.63, 3.8) is 0 Å². The first-order valence-corrected chi connectivity index (χ1v) is 9.30. The van der Waals surface area contributed by atoms with E-state index in [1.807, 2.05) is 36.4 Å². The average Bonchev–Trinajstić information content (AvgIpc) is 2.74. The van der Waals surface area contributed by atoms with E-state index in [1.54, 1.807) is 12.1 Å². The molecule has 0 unspecified atom stereocenters. The van der Waals surface area contributed by atoms with Crippen LogP contribution in [0.25, 0.3) is 10.9 Å². The number of nitrogens with one attached hydrogen (secondary N) is 1. The molecule has 2 aromatic carbocycles. The molecule has 0 radical (unpaired) electrons. The third-order valence-corrected chi connectivity index (χ3v) is 4.95. The molecule has 144 valence electrons.